The number of rotatable bonds is 11. The number of hydrogen-bond donors (Lipinski definition) is 4. The number of benzene rings is 4. The number of para-hydroxylation sites is 2. The maximum atomic E-state index is 13.8. The molecule has 1 unspecified atom stereocenters. The highest BCUT2D eigenvalue weighted by Gasteiger charge is 2.24. The highest BCUT2D eigenvalue weighted by molar-refractivity contribution is 7.92. The van der Waals surface area contributed by atoms with Crippen molar-refractivity contribution in [1.29, 1.82) is 0 Å². The smallest absolute Gasteiger partial charge is 0.263 e. The predicted molar refractivity (Wildman–Crippen MR) is 171 cm³/mol. The fourth-order valence-corrected chi connectivity index (χ4v) is 5.67. The van der Waals surface area contributed by atoms with Crippen LogP contribution in [0.25, 0.3) is 11.0 Å². The molecule has 1 heterocycles. The second kappa shape index (κ2) is 12.5. The van der Waals surface area contributed by atoms with Crippen LogP contribution in [0.5, 0.6) is 11.5 Å². The highest BCUT2D eigenvalue weighted by Crippen LogP contribution is 2.32. The molecule has 5 N–H and O–H groups in total. The van der Waals surface area contributed by atoms with Crippen molar-refractivity contribution in [2.45, 2.75) is 24.8 Å². The number of amides is 1. The Labute approximate surface area is 255 Å². The van der Waals surface area contributed by atoms with Crippen molar-refractivity contribution >= 4 is 50.0 Å². The van der Waals surface area contributed by atoms with Gasteiger partial charge in [-0.15, -0.1) is 0 Å². The van der Waals surface area contributed by atoms with Crippen LogP contribution in [-0.2, 0) is 14.8 Å². The van der Waals surface area contributed by atoms with E-state index < -0.39 is 22.0 Å². The summed E-state index contributed by atoms with van der Waals surface area (Å²) in [7, 11) is -1.15. The van der Waals surface area contributed by atoms with E-state index in [1.807, 2.05) is 38.1 Å². The number of nitrogens with zero attached hydrogens (tertiary/aromatic N) is 2. The Morgan fingerprint density at radius 1 is 0.818 bits per heavy atom. The summed E-state index contributed by atoms with van der Waals surface area (Å²) < 4.78 is 40.8. The number of nitrogens with one attached hydrogen (secondary N) is 3. The van der Waals surface area contributed by atoms with E-state index in [-0.39, 0.29) is 16.5 Å². The number of carbonyl (C=O) groups is 1. The normalized spacial score (nSPS) is 11.9. The van der Waals surface area contributed by atoms with E-state index in [0.717, 1.165) is 16.8 Å². The fourth-order valence-electron chi connectivity index (χ4n) is 4.60. The predicted octanol–water partition coefficient (Wildman–Crippen LogP) is 5.45. The standard InChI is InChI=1S/C32H32N6O5S/c1-19-9-7-14-26(20(19)2)35-29(30(33)39)21-10-8-11-25(15-21)44(40,41)38-32-31(36-27-12-5-6-13-28(27)37-32)34-22-16-23(42-3)18-24(17-22)43-4/h5-18,29,35H,1-4H3,(H2,33,39)(H,34,36)(H,37,38). The number of aromatic nitrogens is 2. The lowest BCUT2D eigenvalue weighted by atomic mass is 10.0. The second-order valence-electron chi connectivity index (χ2n) is 10.0. The van der Waals surface area contributed by atoms with E-state index >= 15 is 0 Å². The summed E-state index contributed by atoms with van der Waals surface area (Å²) in [6.45, 7) is 3.89. The largest absolute Gasteiger partial charge is 0.497 e. The number of fused-ring (bicyclic) bond motifs is 1. The van der Waals surface area contributed by atoms with Gasteiger partial charge < -0.3 is 25.8 Å². The Hall–Kier alpha value is -5.36. The minimum Gasteiger partial charge on any atom is -0.497 e. The van der Waals surface area contributed by atoms with Gasteiger partial charge in [-0.1, -0.05) is 36.4 Å². The van der Waals surface area contributed by atoms with E-state index in [1.165, 1.54) is 26.4 Å². The van der Waals surface area contributed by atoms with E-state index in [1.54, 1.807) is 48.5 Å². The van der Waals surface area contributed by atoms with Crippen LogP contribution in [-0.4, -0.2) is 38.5 Å². The molecule has 0 fully saturated rings. The molecule has 44 heavy (non-hydrogen) atoms. The first-order valence-electron chi connectivity index (χ1n) is 13.6. The molecule has 11 nitrogen and oxygen atoms in total. The molecule has 0 bridgehead atoms. The van der Waals surface area contributed by atoms with Crippen molar-refractivity contribution in [3.8, 4) is 11.5 Å². The van der Waals surface area contributed by atoms with Crippen molar-refractivity contribution < 1.29 is 22.7 Å². The quantitative estimate of drug-likeness (QED) is 0.152. The molecule has 12 heteroatoms. The Bertz CT molecular complexity index is 1940. The molecule has 0 spiro atoms. The van der Waals surface area contributed by atoms with Gasteiger partial charge in [0.1, 0.15) is 17.5 Å². The van der Waals surface area contributed by atoms with Crippen molar-refractivity contribution in [2.24, 2.45) is 5.73 Å². The molecule has 1 aromatic heterocycles. The topological polar surface area (TPSA) is 158 Å². The number of primary amides is 1. The van der Waals surface area contributed by atoms with Gasteiger partial charge in [0.25, 0.3) is 10.0 Å². The Morgan fingerprint density at radius 3 is 2.09 bits per heavy atom. The van der Waals surface area contributed by atoms with Gasteiger partial charge in [-0.3, -0.25) is 9.52 Å². The lowest BCUT2D eigenvalue weighted by Gasteiger charge is -2.20. The Morgan fingerprint density at radius 2 is 1.45 bits per heavy atom. The zero-order chi connectivity index (χ0) is 31.4. The zero-order valence-corrected chi connectivity index (χ0v) is 25.4. The number of methoxy groups -OCH3 is 2. The first-order valence-corrected chi connectivity index (χ1v) is 15.1. The molecule has 0 saturated heterocycles. The average molecular weight is 613 g/mol. The van der Waals surface area contributed by atoms with E-state index in [2.05, 4.69) is 25.3 Å². The van der Waals surface area contributed by atoms with E-state index in [4.69, 9.17) is 15.2 Å². The zero-order valence-electron chi connectivity index (χ0n) is 24.6. The van der Waals surface area contributed by atoms with Gasteiger partial charge in [0, 0.05) is 29.6 Å². The van der Waals surface area contributed by atoms with Gasteiger partial charge in [-0.25, -0.2) is 18.4 Å². The molecule has 0 saturated carbocycles. The number of sulfonamides is 1. The third-order valence-electron chi connectivity index (χ3n) is 7.11. The van der Waals surface area contributed by atoms with Gasteiger partial charge in [0.15, 0.2) is 11.6 Å². The molecule has 0 aliphatic heterocycles. The van der Waals surface area contributed by atoms with E-state index in [0.29, 0.717) is 33.8 Å². The van der Waals surface area contributed by atoms with E-state index in [9.17, 15) is 13.2 Å². The van der Waals surface area contributed by atoms with Gasteiger partial charge in [0.05, 0.1) is 30.1 Å². The summed E-state index contributed by atoms with van der Waals surface area (Å²) in [5.74, 6) is 0.520. The van der Waals surface area contributed by atoms with Crippen molar-refractivity contribution in [3.05, 3.63) is 102 Å². The molecule has 5 rings (SSSR count). The first kappa shape index (κ1) is 30.1. The van der Waals surface area contributed by atoms with Gasteiger partial charge >= 0.3 is 0 Å². The molecule has 1 atom stereocenters. The third-order valence-corrected chi connectivity index (χ3v) is 8.44. The minimum atomic E-state index is -4.21. The number of hydrogen-bond acceptors (Lipinski definition) is 9. The van der Waals surface area contributed by atoms with Crippen LogP contribution < -0.4 is 30.6 Å². The second-order valence-corrected chi connectivity index (χ2v) is 11.7. The molecule has 0 aliphatic rings. The minimum absolute atomic E-state index is 0.0316. The summed E-state index contributed by atoms with van der Waals surface area (Å²) in [5.41, 5.74) is 10.4. The number of ether oxygens (including phenoxy) is 2. The first-order chi connectivity index (χ1) is 21.1. The maximum Gasteiger partial charge on any atom is 0.263 e. The number of nitrogens with two attached hydrogens (primary N) is 1. The van der Waals surface area contributed by atoms with Crippen LogP contribution in [0.15, 0.2) is 89.8 Å². The van der Waals surface area contributed by atoms with Crippen molar-refractivity contribution in [1.82, 2.24) is 9.97 Å². The SMILES string of the molecule is COc1cc(Nc2nc3ccccc3nc2NS(=O)(=O)c2cccc(C(Nc3cccc(C)c3C)C(N)=O)c2)cc(OC)c1. The Kier molecular flexibility index (Phi) is 8.54. The lowest BCUT2D eigenvalue weighted by molar-refractivity contribution is -0.118. The molecule has 0 radical (unpaired) electrons. The lowest BCUT2D eigenvalue weighted by Crippen LogP contribution is -2.28. The maximum absolute atomic E-state index is 13.8. The monoisotopic (exact) mass is 612 g/mol. The molecule has 4 aromatic carbocycles. The van der Waals surface area contributed by atoms with Crippen LogP contribution in [0.4, 0.5) is 23.0 Å². The molecule has 0 aliphatic carbocycles. The molecular weight excluding hydrogens is 580 g/mol. The molecule has 5 aromatic rings. The van der Waals surface area contributed by atoms with Gasteiger partial charge in [-0.05, 0) is 60.9 Å². The van der Waals surface area contributed by atoms with Gasteiger partial charge in [0.2, 0.25) is 5.91 Å². The van der Waals surface area contributed by atoms with Crippen LogP contribution >= 0.6 is 0 Å². The number of carbonyl (C=O) groups excluding carboxylic acids is 1. The van der Waals surface area contributed by atoms with Crippen LogP contribution in [0.1, 0.15) is 22.7 Å². The summed E-state index contributed by atoms with van der Waals surface area (Å²) in [5, 5.41) is 6.30. The van der Waals surface area contributed by atoms with Crippen molar-refractivity contribution in [2.75, 3.05) is 29.6 Å². The third kappa shape index (κ3) is 6.50. The van der Waals surface area contributed by atoms with Crippen LogP contribution in [0.3, 0.4) is 0 Å². The molecular formula is C32H32N6O5S. The van der Waals surface area contributed by atoms with Crippen LogP contribution in [0, 0.1) is 13.8 Å². The highest BCUT2D eigenvalue weighted by atomic mass is 32.2. The number of anilines is 4. The Balaban J connectivity index is 1.51. The van der Waals surface area contributed by atoms with Gasteiger partial charge in [-0.2, -0.15) is 0 Å². The summed E-state index contributed by atoms with van der Waals surface area (Å²) in [4.78, 5) is 21.6. The molecule has 1 amide bonds. The fraction of sp³-hybridized carbons (Fsp3) is 0.156. The number of aryl methyl sites for hydroxylation is 1. The summed E-state index contributed by atoms with van der Waals surface area (Å²) >= 11 is 0. The van der Waals surface area contributed by atoms with Crippen molar-refractivity contribution in [3.63, 3.8) is 0 Å². The summed E-state index contributed by atoms with van der Waals surface area (Å²) in [6, 6.07) is 23.0. The molecule has 226 valence electrons. The van der Waals surface area contributed by atoms with Crippen LogP contribution in [0.2, 0.25) is 0 Å². The average Bonchev–Trinajstić information content (AvgIpc) is 3.01. The summed E-state index contributed by atoms with van der Waals surface area (Å²) in [6.07, 6.45) is 0.